The summed E-state index contributed by atoms with van der Waals surface area (Å²) in [5.74, 6) is -0.397. The van der Waals surface area contributed by atoms with Crippen LogP contribution in [-0.2, 0) is 16.1 Å². The van der Waals surface area contributed by atoms with Crippen LogP contribution in [0.2, 0.25) is 5.02 Å². The van der Waals surface area contributed by atoms with Crippen molar-refractivity contribution < 1.29 is 23.5 Å². The topological polar surface area (TPSA) is 93.7 Å². The maximum absolute atomic E-state index is 14.4. The molecular weight excluding hydrogens is 567 g/mol. The van der Waals surface area contributed by atoms with Crippen LogP contribution in [0.5, 0.6) is 11.5 Å². The van der Waals surface area contributed by atoms with Crippen LogP contribution in [0, 0.1) is 19.7 Å². The number of rotatable bonds is 9. The molecule has 11 heteroatoms. The fraction of sp³-hybridized carbons (Fsp3) is 0.200. The van der Waals surface area contributed by atoms with Crippen molar-refractivity contribution >= 4 is 40.9 Å². The number of aromatic nitrogens is 2. The second-order valence-corrected chi connectivity index (χ2v) is 10.8. The smallest absolute Gasteiger partial charge is 0.251 e. The normalized spacial score (nSPS) is 12.6. The van der Waals surface area contributed by atoms with Crippen molar-refractivity contribution in [2.75, 3.05) is 17.9 Å². The third-order valence-corrected chi connectivity index (χ3v) is 7.32. The quantitative estimate of drug-likeness (QED) is 0.185. The standard InChI is InChI=1S/C30H26ClFN4O4S/c1-18-12-19(2)34-30(33-18)41-16-27(37)36(15-20-6-8-22(31)9-7-20)28(21-4-3-5-23(32)13-21)29(38)35-24-10-11-25-26(14-24)40-17-39-25/h3-14,28H,15-17H2,1-2H3,(H,35,38)/t28-/m1/s1. The number of hydrogen-bond acceptors (Lipinski definition) is 7. The van der Waals surface area contributed by atoms with Crippen LogP contribution >= 0.6 is 23.4 Å². The van der Waals surface area contributed by atoms with E-state index in [-0.39, 0.29) is 25.0 Å². The molecular formula is C30H26ClFN4O4S. The van der Waals surface area contributed by atoms with Crippen molar-refractivity contribution in [1.82, 2.24) is 14.9 Å². The minimum Gasteiger partial charge on any atom is -0.454 e. The molecule has 0 aliphatic carbocycles. The number of nitrogens with one attached hydrogen (secondary N) is 1. The Kier molecular flexibility index (Phi) is 8.70. The number of anilines is 1. The Morgan fingerprint density at radius 3 is 2.46 bits per heavy atom. The van der Waals surface area contributed by atoms with E-state index in [1.54, 1.807) is 48.5 Å². The van der Waals surface area contributed by atoms with Crippen molar-refractivity contribution in [2.45, 2.75) is 31.6 Å². The number of carbonyl (C=O) groups is 2. The zero-order valence-corrected chi connectivity index (χ0v) is 23.8. The molecule has 1 N–H and O–H groups in total. The van der Waals surface area contributed by atoms with Crippen molar-refractivity contribution in [3.8, 4) is 11.5 Å². The Bertz CT molecular complexity index is 1570. The summed E-state index contributed by atoms with van der Waals surface area (Å²) in [6.07, 6.45) is 0. The number of carbonyl (C=O) groups excluding carboxylic acids is 2. The van der Waals surface area contributed by atoms with Crippen molar-refractivity contribution in [1.29, 1.82) is 0 Å². The van der Waals surface area contributed by atoms with E-state index in [2.05, 4.69) is 15.3 Å². The first-order valence-electron chi connectivity index (χ1n) is 12.7. The maximum atomic E-state index is 14.4. The van der Waals surface area contributed by atoms with Gasteiger partial charge in [-0.3, -0.25) is 9.59 Å². The molecule has 1 aliphatic rings. The first-order chi connectivity index (χ1) is 19.7. The Morgan fingerprint density at radius 2 is 1.73 bits per heavy atom. The van der Waals surface area contributed by atoms with Crippen LogP contribution in [0.25, 0.3) is 0 Å². The average molecular weight is 593 g/mol. The van der Waals surface area contributed by atoms with E-state index in [0.29, 0.717) is 32.9 Å². The van der Waals surface area contributed by atoms with Crippen LogP contribution in [0.1, 0.15) is 28.6 Å². The summed E-state index contributed by atoms with van der Waals surface area (Å²) in [6, 6.07) is 18.3. The van der Waals surface area contributed by atoms with Gasteiger partial charge >= 0.3 is 0 Å². The van der Waals surface area contributed by atoms with Crippen molar-refractivity contribution in [2.24, 2.45) is 0 Å². The van der Waals surface area contributed by atoms with E-state index in [1.165, 1.54) is 34.9 Å². The number of hydrogen-bond donors (Lipinski definition) is 1. The summed E-state index contributed by atoms with van der Waals surface area (Å²) in [4.78, 5) is 38.1. The minimum absolute atomic E-state index is 0.0421. The van der Waals surface area contributed by atoms with Gasteiger partial charge in [0.25, 0.3) is 5.91 Å². The van der Waals surface area contributed by atoms with Crippen molar-refractivity contribution in [3.05, 3.63) is 106 Å². The van der Waals surface area contributed by atoms with Gasteiger partial charge in [-0.2, -0.15) is 0 Å². The molecule has 5 rings (SSSR count). The second-order valence-electron chi connectivity index (χ2n) is 9.38. The number of amides is 2. The molecule has 0 radical (unpaired) electrons. The zero-order valence-electron chi connectivity index (χ0n) is 22.3. The van der Waals surface area contributed by atoms with Gasteiger partial charge in [-0.25, -0.2) is 14.4 Å². The summed E-state index contributed by atoms with van der Waals surface area (Å²) >= 11 is 7.26. The largest absolute Gasteiger partial charge is 0.454 e. The predicted octanol–water partition coefficient (Wildman–Crippen LogP) is 6.12. The Labute approximate surface area is 245 Å². The minimum atomic E-state index is -1.17. The molecule has 8 nitrogen and oxygen atoms in total. The summed E-state index contributed by atoms with van der Waals surface area (Å²) in [6.45, 7) is 3.87. The van der Waals surface area contributed by atoms with Gasteiger partial charge < -0.3 is 19.7 Å². The molecule has 210 valence electrons. The van der Waals surface area contributed by atoms with Crippen LogP contribution in [0.15, 0.2) is 78.0 Å². The van der Waals surface area contributed by atoms with Gasteiger partial charge in [0, 0.05) is 34.7 Å². The molecule has 0 saturated carbocycles. The molecule has 4 aromatic rings. The lowest BCUT2D eigenvalue weighted by Gasteiger charge is -2.31. The van der Waals surface area contributed by atoms with Gasteiger partial charge in [0.2, 0.25) is 12.7 Å². The molecule has 3 aromatic carbocycles. The number of fused-ring (bicyclic) bond motifs is 1. The number of thioether (sulfide) groups is 1. The summed E-state index contributed by atoms with van der Waals surface area (Å²) in [5, 5.41) is 3.86. The Balaban J connectivity index is 1.49. The van der Waals surface area contributed by atoms with E-state index >= 15 is 0 Å². The highest BCUT2D eigenvalue weighted by molar-refractivity contribution is 7.99. The lowest BCUT2D eigenvalue weighted by atomic mass is 10.0. The maximum Gasteiger partial charge on any atom is 0.251 e. The van der Waals surface area contributed by atoms with Gasteiger partial charge in [-0.1, -0.05) is 47.6 Å². The lowest BCUT2D eigenvalue weighted by molar-refractivity contribution is -0.137. The van der Waals surface area contributed by atoms with Gasteiger partial charge in [0.05, 0.1) is 5.75 Å². The van der Waals surface area contributed by atoms with Gasteiger partial charge in [0.1, 0.15) is 11.9 Å². The number of halogens is 2. The van der Waals surface area contributed by atoms with Gasteiger partial charge in [-0.15, -0.1) is 0 Å². The van der Waals surface area contributed by atoms with Crippen LogP contribution < -0.4 is 14.8 Å². The number of aryl methyl sites for hydroxylation is 2. The highest BCUT2D eigenvalue weighted by Crippen LogP contribution is 2.35. The Hall–Kier alpha value is -4.15. The molecule has 0 fully saturated rings. The van der Waals surface area contributed by atoms with Crippen LogP contribution in [0.3, 0.4) is 0 Å². The van der Waals surface area contributed by atoms with E-state index < -0.39 is 17.8 Å². The predicted molar refractivity (Wildman–Crippen MR) is 155 cm³/mol. The fourth-order valence-corrected chi connectivity index (χ4v) is 5.37. The molecule has 1 aromatic heterocycles. The molecule has 1 atom stereocenters. The zero-order chi connectivity index (χ0) is 28.9. The van der Waals surface area contributed by atoms with E-state index in [0.717, 1.165) is 17.0 Å². The molecule has 1 aliphatic heterocycles. The molecule has 2 amide bonds. The number of ether oxygens (including phenoxy) is 2. The van der Waals surface area contributed by atoms with E-state index in [9.17, 15) is 14.0 Å². The highest BCUT2D eigenvalue weighted by Gasteiger charge is 2.32. The van der Waals surface area contributed by atoms with E-state index in [1.807, 2.05) is 19.9 Å². The third kappa shape index (κ3) is 7.14. The van der Waals surface area contributed by atoms with Crippen molar-refractivity contribution in [3.63, 3.8) is 0 Å². The first-order valence-corrected chi connectivity index (χ1v) is 14.1. The SMILES string of the molecule is Cc1cc(C)nc(SCC(=O)N(Cc2ccc(Cl)cc2)[C@@H](C(=O)Nc2ccc3c(c2)OCO3)c2cccc(F)c2)n1. The highest BCUT2D eigenvalue weighted by atomic mass is 35.5. The second kappa shape index (κ2) is 12.6. The van der Waals surface area contributed by atoms with Crippen LogP contribution in [-0.4, -0.2) is 39.2 Å². The molecule has 0 spiro atoms. The molecule has 0 bridgehead atoms. The first kappa shape index (κ1) is 28.4. The Morgan fingerprint density at radius 1 is 1.00 bits per heavy atom. The summed E-state index contributed by atoms with van der Waals surface area (Å²) < 4.78 is 25.2. The number of nitrogens with zero attached hydrogens (tertiary/aromatic N) is 3. The molecule has 0 unspecified atom stereocenters. The molecule has 41 heavy (non-hydrogen) atoms. The van der Waals surface area contributed by atoms with Crippen LogP contribution in [0.4, 0.5) is 10.1 Å². The molecule has 0 saturated heterocycles. The van der Waals surface area contributed by atoms with Gasteiger partial charge in [-0.05, 0) is 67.4 Å². The van der Waals surface area contributed by atoms with Gasteiger partial charge in [0.15, 0.2) is 16.7 Å². The number of benzene rings is 3. The lowest BCUT2D eigenvalue weighted by Crippen LogP contribution is -2.42. The third-order valence-electron chi connectivity index (χ3n) is 6.24. The van der Waals surface area contributed by atoms with E-state index in [4.69, 9.17) is 21.1 Å². The summed E-state index contributed by atoms with van der Waals surface area (Å²) in [5.41, 5.74) is 3.07. The average Bonchev–Trinajstić information content (AvgIpc) is 3.40. The fourth-order valence-electron chi connectivity index (χ4n) is 4.41. The molecule has 2 heterocycles. The monoisotopic (exact) mass is 592 g/mol. The summed E-state index contributed by atoms with van der Waals surface area (Å²) in [7, 11) is 0.